The summed E-state index contributed by atoms with van der Waals surface area (Å²) in [6, 6.07) is 8.97. The third-order valence-electron chi connectivity index (χ3n) is 3.42. The zero-order chi connectivity index (χ0) is 15.0. The topological polar surface area (TPSA) is 60.2 Å². The van der Waals surface area contributed by atoms with Gasteiger partial charge in [-0.15, -0.1) is 0 Å². The van der Waals surface area contributed by atoms with Gasteiger partial charge >= 0.3 is 0 Å². The summed E-state index contributed by atoms with van der Waals surface area (Å²) >= 11 is 0. The van der Waals surface area contributed by atoms with E-state index in [1.165, 1.54) is 0 Å². The van der Waals surface area contributed by atoms with Crippen LogP contribution in [0.25, 0.3) is 16.7 Å². The first-order valence-corrected chi connectivity index (χ1v) is 6.82. The average molecular weight is 283 g/mol. The molecule has 2 aromatic heterocycles. The van der Waals surface area contributed by atoms with E-state index in [0.29, 0.717) is 28.4 Å². The second-order valence-corrected chi connectivity index (χ2v) is 5.22. The minimum Gasteiger partial charge on any atom is -0.507 e. The van der Waals surface area contributed by atoms with Crippen LogP contribution in [0.5, 0.6) is 11.5 Å². The second-order valence-electron chi connectivity index (χ2n) is 5.22. The molecule has 0 aliphatic carbocycles. The molecule has 5 heteroatoms. The van der Waals surface area contributed by atoms with Gasteiger partial charge in [0.05, 0.1) is 18.3 Å². The number of hydrogen-bond acceptors (Lipinski definition) is 4. The van der Waals surface area contributed by atoms with Gasteiger partial charge in [0, 0.05) is 23.7 Å². The molecule has 108 valence electrons. The summed E-state index contributed by atoms with van der Waals surface area (Å²) in [7, 11) is 1.60. The lowest BCUT2D eigenvalue weighted by atomic mass is 10.1. The number of aromatic nitrogens is 3. The maximum Gasteiger partial charge on any atom is 0.157 e. The van der Waals surface area contributed by atoms with Crippen molar-refractivity contribution in [1.82, 2.24) is 14.8 Å². The predicted octanol–water partition coefficient (Wildman–Crippen LogP) is 3.26. The van der Waals surface area contributed by atoms with Gasteiger partial charge in [0.25, 0.3) is 0 Å². The Morgan fingerprint density at radius 1 is 1.19 bits per heavy atom. The predicted molar refractivity (Wildman–Crippen MR) is 81.2 cm³/mol. The van der Waals surface area contributed by atoms with E-state index >= 15 is 0 Å². The van der Waals surface area contributed by atoms with Crippen molar-refractivity contribution in [3.63, 3.8) is 0 Å². The first-order valence-electron chi connectivity index (χ1n) is 6.82. The molecule has 0 aliphatic rings. The number of hydrogen-bond donors (Lipinski definition) is 1. The van der Waals surface area contributed by atoms with E-state index in [2.05, 4.69) is 23.9 Å². The highest BCUT2D eigenvalue weighted by molar-refractivity contribution is 5.86. The molecule has 2 heterocycles. The summed E-state index contributed by atoms with van der Waals surface area (Å²) in [6.07, 6.45) is 1.85. The smallest absolute Gasteiger partial charge is 0.157 e. The Morgan fingerprint density at radius 2 is 2.00 bits per heavy atom. The molecule has 0 bridgehead atoms. The quantitative estimate of drug-likeness (QED) is 0.801. The van der Waals surface area contributed by atoms with Gasteiger partial charge in [-0.2, -0.15) is 5.10 Å². The van der Waals surface area contributed by atoms with Crippen molar-refractivity contribution >= 4 is 10.9 Å². The van der Waals surface area contributed by atoms with E-state index in [1.807, 2.05) is 12.3 Å². The maximum atomic E-state index is 10.2. The monoisotopic (exact) mass is 283 g/mol. The molecule has 0 saturated heterocycles. The SMILES string of the molecule is COc1ccc2c(O)cc(-n3ccc(C(C)C)n3)nc2c1. The molecule has 3 rings (SSSR count). The van der Waals surface area contributed by atoms with Crippen LogP contribution in [0.15, 0.2) is 36.5 Å². The van der Waals surface area contributed by atoms with Crippen molar-refractivity contribution in [1.29, 1.82) is 0 Å². The minimum atomic E-state index is 0.180. The summed E-state index contributed by atoms with van der Waals surface area (Å²) in [4.78, 5) is 4.55. The van der Waals surface area contributed by atoms with Crippen LogP contribution >= 0.6 is 0 Å². The number of benzene rings is 1. The first-order chi connectivity index (χ1) is 10.1. The van der Waals surface area contributed by atoms with Crippen LogP contribution in [0.3, 0.4) is 0 Å². The number of methoxy groups -OCH3 is 1. The van der Waals surface area contributed by atoms with Gasteiger partial charge < -0.3 is 9.84 Å². The van der Waals surface area contributed by atoms with E-state index < -0.39 is 0 Å². The van der Waals surface area contributed by atoms with Crippen molar-refractivity contribution < 1.29 is 9.84 Å². The fourth-order valence-electron chi connectivity index (χ4n) is 2.19. The molecule has 21 heavy (non-hydrogen) atoms. The molecule has 0 radical (unpaired) electrons. The van der Waals surface area contributed by atoms with Crippen molar-refractivity contribution in [3.05, 3.63) is 42.2 Å². The summed E-state index contributed by atoms with van der Waals surface area (Å²) in [6.45, 7) is 4.17. The van der Waals surface area contributed by atoms with Crippen LogP contribution in [-0.4, -0.2) is 27.0 Å². The van der Waals surface area contributed by atoms with Crippen LogP contribution in [0, 0.1) is 0 Å². The van der Waals surface area contributed by atoms with Crippen molar-refractivity contribution in [3.8, 4) is 17.3 Å². The average Bonchev–Trinajstić information content (AvgIpc) is 2.96. The maximum absolute atomic E-state index is 10.2. The van der Waals surface area contributed by atoms with Crippen molar-refractivity contribution in [2.75, 3.05) is 7.11 Å². The van der Waals surface area contributed by atoms with E-state index in [4.69, 9.17) is 4.74 Å². The lowest BCUT2D eigenvalue weighted by Gasteiger charge is -2.07. The molecule has 0 aliphatic heterocycles. The Hall–Kier alpha value is -2.56. The number of nitrogens with zero attached hydrogens (tertiary/aromatic N) is 3. The number of rotatable bonds is 3. The molecule has 5 nitrogen and oxygen atoms in total. The fourth-order valence-corrected chi connectivity index (χ4v) is 2.19. The molecular weight excluding hydrogens is 266 g/mol. The van der Waals surface area contributed by atoms with Gasteiger partial charge in [0.2, 0.25) is 0 Å². The summed E-state index contributed by atoms with van der Waals surface area (Å²) in [5, 5.41) is 15.3. The highest BCUT2D eigenvalue weighted by atomic mass is 16.5. The van der Waals surface area contributed by atoms with Gasteiger partial charge in [0.15, 0.2) is 5.82 Å². The Balaban J connectivity index is 2.13. The van der Waals surface area contributed by atoms with Crippen molar-refractivity contribution in [2.45, 2.75) is 19.8 Å². The molecule has 0 spiro atoms. The highest BCUT2D eigenvalue weighted by Crippen LogP contribution is 2.28. The third-order valence-corrected chi connectivity index (χ3v) is 3.42. The molecule has 0 amide bonds. The fraction of sp³-hybridized carbons (Fsp3) is 0.250. The Kier molecular flexibility index (Phi) is 3.25. The molecule has 0 unspecified atom stereocenters. The largest absolute Gasteiger partial charge is 0.507 e. The number of ether oxygens (including phenoxy) is 1. The number of fused-ring (bicyclic) bond motifs is 1. The van der Waals surface area contributed by atoms with Gasteiger partial charge in [-0.1, -0.05) is 13.8 Å². The first kappa shape index (κ1) is 13.4. The molecule has 0 fully saturated rings. The van der Waals surface area contributed by atoms with Gasteiger partial charge in [-0.3, -0.25) is 0 Å². The second kappa shape index (κ2) is 5.09. The Morgan fingerprint density at radius 3 is 2.67 bits per heavy atom. The van der Waals surface area contributed by atoms with Gasteiger partial charge in [-0.05, 0) is 24.1 Å². The van der Waals surface area contributed by atoms with E-state index in [0.717, 1.165) is 5.69 Å². The number of aromatic hydroxyl groups is 1. The summed E-state index contributed by atoms with van der Waals surface area (Å²) in [5.74, 6) is 1.81. The van der Waals surface area contributed by atoms with Crippen LogP contribution in [0.4, 0.5) is 0 Å². The normalized spacial score (nSPS) is 11.2. The van der Waals surface area contributed by atoms with Gasteiger partial charge in [-0.25, -0.2) is 9.67 Å². The minimum absolute atomic E-state index is 0.180. The van der Waals surface area contributed by atoms with E-state index in [9.17, 15) is 5.11 Å². The van der Waals surface area contributed by atoms with Gasteiger partial charge in [0.1, 0.15) is 11.5 Å². The summed E-state index contributed by atoms with van der Waals surface area (Å²) < 4.78 is 6.87. The van der Waals surface area contributed by atoms with Crippen LogP contribution < -0.4 is 4.74 Å². The molecule has 1 N–H and O–H groups in total. The Labute approximate surface area is 122 Å². The molecule has 3 aromatic rings. The zero-order valence-corrected chi connectivity index (χ0v) is 12.2. The van der Waals surface area contributed by atoms with Crippen LogP contribution in [-0.2, 0) is 0 Å². The lowest BCUT2D eigenvalue weighted by Crippen LogP contribution is -2.00. The highest BCUT2D eigenvalue weighted by Gasteiger charge is 2.10. The lowest BCUT2D eigenvalue weighted by molar-refractivity contribution is 0.415. The van der Waals surface area contributed by atoms with Crippen molar-refractivity contribution in [2.24, 2.45) is 0 Å². The summed E-state index contributed by atoms with van der Waals surface area (Å²) in [5.41, 5.74) is 1.66. The molecular formula is C16H17N3O2. The van der Waals surface area contributed by atoms with E-state index in [-0.39, 0.29) is 5.75 Å². The third kappa shape index (κ3) is 2.42. The zero-order valence-electron chi connectivity index (χ0n) is 12.2. The Bertz CT molecular complexity index is 793. The molecule has 0 saturated carbocycles. The standard InChI is InChI=1S/C16H17N3O2/c1-10(2)13-6-7-19(18-13)16-9-15(20)12-5-4-11(21-3)8-14(12)17-16/h4-10H,1-3H3,(H,17,20). The molecule has 1 aromatic carbocycles. The van der Waals surface area contributed by atoms with E-state index in [1.54, 1.807) is 36.1 Å². The number of pyridine rings is 1. The molecule has 0 atom stereocenters. The van der Waals surface area contributed by atoms with Crippen LogP contribution in [0.2, 0.25) is 0 Å². The van der Waals surface area contributed by atoms with Crippen LogP contribution in [0.1, 0.15) is 25.5 Å².